The molecule has 1 aromatic heterocycles. The molecule has 2 bridgehead atoms. The number of hydrogen-bond donors (Lipinski definition) is 2. The Kier molecular flexibility index (Phi) is 6.40. The largest absolute Gasteiger partial charge is 0.346 e. The Hall–Kier alpha value is -1.63. The number of hydrogen-bond acceptors (Lipinski definition) is 4. The molecule has 2 unspecified atom stereocenters. The van der Waals surface area contributed by atoms with Crippen LogP contribution in [-0.4, -0.2) is 38.8 Å². The molecule has 2 atom stereocenters. The molecule has 3 heterocycles. The van der Waals surface area contributed by atoms with Crippen molar-refractivity contribution in [2.45, 2.75) is 63.6 Å². The van der Waals surface area contributed by atoms with Crippen LogP contribution in [0.3, 0.4) is 0 Å². The molecule has 27 heavy (non-hydrogen) atoms. The van der Waals surface area contributed by atoms with Crippen molar-refractivity contribution in [2.75, 3.05) is 0 Å². The predicted molar refractivity (Wildman–Crippen MR) is 108 cm³/mol. The minimum atomic E-state index is -0.195. The number of nitrogens with zero attached hydrogens (tertiary/aromatic N) is 3. The zero-order valence-electron chi connectivity index (χ0n) is 15.3. The molecule has 4 rings (SSSR count). The Labute approximate surface area is 170 Å². The van der Waals surface area contributed by atoms with Gasteiger partial charge in [-0.25, -0.2) is 9.67 Å². The number of piperidine rings is 1. The van der Waals surface area contributed by atoms with Crippen LogP contribution < -0.4 is 10.6 Å². The van der Waals surface area contributed by atoms with Crippen LogP contribution in [0.15, 0.2) is 24.3 Å². The van der Waals surface area contributed by atoms with E-state index in [0.29, 0.717) is 17.1 Å². The molecule has 2 saturated heterocycles. The van der Waals surface area contributed by atoms with Crippen LogP contribution in [0.2, 0.25) is 5.02 Å². The molecule has 146 valence electrons. The highest BCUT2D eigenvalue weighted by molar-refractivity contribution is 6.32. The van der Waals surface area contributed by atoms with E-state index in [-0.39, 0.29) is 30.2 Å². The average Bonchev–Trinajstić information content (AvgIpc) is 3.19. The number of aromatic nitrogens is 3. The van der Waals surface area contributed by atoms with Gasteiger partial charge in [0, 0.05) is 24.5 Å². The van der Waals surface area contributed by atoms with Gasteiger partial charge in [0.1, 0.15) is 5.82 Å². The number of halogens is 2. The molecule has 2 aliphatic heterocycles. The van der Waals surface area contributed by atoms with Crippen molar-refractivity contribution in [3.05, 3.63) is 40.9 Å². The lowest BCUT2D eigenvalue weighted by molar-refractivity contribution is 0.0913. The van der Waals surface area contributed by atoms with E-state index in [1.807, 2.05) is 24.3 Å². The van der Waals surface area contributed by atoms with Gasteiger partial charge in [0.2, 0.25) is 5.82 Å². The first kappa shape index (κ1) is 20.1. The standard InChI is InChI=1S/C19H24ClN5O.ClH/c1-2-5-17-23-18(24-25(17)16-7-4-3-6-15(16)20)19(26)22-14-10-12-8-9-13(11-14)21-12;/h3-4,6-7,12-14,21H,2,5,8-11H2,1H3,(H,22,26);1H. The van der Waals surface area contributed by atoms with Gasteiger partial charge in [0.25, 0.3) is 5.91 Å². The second-order valence-electron chi connectivity index (χ2n) is 7.24. The number of carbonyl (C=O) groups is 1. The van der Waals surface area contributed by atoms with Crippen molar-refractivity contribution in [2.24, 2.45) is 0 Å². The first-order valence-corrected chi connectivity index (χ1v) is 9.79. The van der Waals surface area contributed by atoms with Crippen molar-refractivity contribution in [1.82, 2.24) is 25.4 Å². The van der Waals surface area contributed by atoms with Crippen LogP contribution in [0.5, 0.6) is 0 Å². The van der Waals surface area contributed by atoms with E-state index >= 15 is 0 Å². The molecule has 2 fully saturated rings. The fourth-order valence-corrected chi connectivity index (χ4v) is 4.28. The quantitative estimate of drug-likeness (QED) is 0.794. The Bertz CT molecular complexity index is 797. The Morgan fingerprint density at radius 1 is 1.30 bits per heavy atom. The number of para-hydroxylation sites is 1. The lowest BCUT2D eigenvalue weighted by Crippen LogP contribution is -2.48. The van der Waals surface area contributed by atoms with Crippen LogP contribution in [0.1, 0.15) is 55.5 Å². The second kappa shape index (κ2) is 8.59. The molecule has 0 aliphatic carbocycles. The van der Waals surface area contributed by atoms with Gasteiger partial charge in [-0.05, 0) is 44.2 Å². The summed E-state index contributed by atoms with van der Waals surface area (Å²) in [6.45, 7) is 2.08. The topological polar surface area (TPSA) is 71.8 Å². The van der Waals surface area contributed by atoms with Crippen molar-refractivity contribution < 1.29 is 4.79 Å². The maximum absolute atomic E-state index is 12.7. The van der Waals surface area contributed by atoms with Crippen LogP contribution in [0, 0.1) is 0 Å². The summed E-state index contributed by atoms with van der Waals surface area (Å²) in [7, 11) is 0. The highest BCUT2D eigenvalue weighted by Crippen LogP contribution is 2.27. The van der Waals surface area contributed by atoms with E-state index in [2.05, 4.69) is 27.6 Å². The number of benzene rings is 1. The normalized spacial score (nSPS) is 23.7. The van der Waals surface area contributed by atoms with Gasteiger partial charge in [-0.1, -0.05) is 30.7 Å². The lowest BCUT2D eigenvalue weighted by Gasteiger charge is -2.29. The molecule has 2 aliphatic rings. The Morgan fingerprint density at radius 3 is 2.67 bits per heavy atom. The molecule has 2 aromatic rings. The third-order valence-corrected chi connectivity index (χ3v) is 5.56. The summed E-state index contributed by atoms with van der Waals surface area (Å²) < 4.78 is 1.70. The number of carbonyl (C=O) groups excluding carboxylic acids is 1. The molecule has 0 radical (unpaired) electrons. The van der Waals surface area contributed by atoms with Gasteiger partial charge in [-0.2, -0.15) is 0 Å². The number of fused-ring (bicyclic) bond motifs is 2. The maximum Gasteiger partial charge on any atom is 0.291 e. The Morgan fingerprint density at radius 2 is 2.00 bits per heavy atom. The molecule has 0 saturated carbocycles. The number of nitrogens with one attached hydrogen (secondary N) is 2. The lowest BCUT2D eigenvalue weighted by atomic mass is 10.00. The van der Waals surface area contributed by atoms with E-state index in [1.54, 1.807) is 4.68 Å². The van der Waals surface area contributed by atoms with E-state index in [0.717, 1.165) is 37.2 Å². The minimum absolute atomic E-state index is 0. The molecule has 2 N–H and O–H groups in total. The van der Waals surface area contributed by atoms with E-state index in [4.69, 9.17) is 11.6 Å². The number of aryl methyl sites for hydroxylation is 1. The predicted octanol–water partition coefficient (Wildman–Crippen LogP) is 3.31. The zero-order valence-corrected chi connectivity index (χ0v) is 16.9. The summed E-state index contributed by atoms with van der Waals surface area (Å²) in [5, 5.41) is 11.8. The van der Waals surface area contributed by atoms with Crippen molar-refractivity contribution >= 4 is 29.9 Å². The zero-order chi connectivity index (χ0) is 18.1. The summed E-state index contributed by atoms with van der Waals surface area (Å²) in [6.07, 6.45) is 6.03. The molecule has 8 heteroatoms. The van der Waals surface area contributed by atoms with Crippen LogP contribution in [0.25, 0.3) is 5.69 Å². The van der Waals surface area contributed by atoms with E-state index < -0.39 is 0 Å². The summed E-state index contributed by atoms with van der Waals surface area (Å²) in [5.74, 6) is 0.787. The average molecular weight is 410 g/mol. The summed E-state index contributed by atoms with van der Waals surface area (Å²) in [5.41, 5.74) is 0.754. The maximum atomic E-state index is 12.7. The van der Waals surface area contributed by atoms with E-state index in [1.165, 1.54) is 12.8 Å². The summed E-state index contributed by atoms with van der Waals surface area (Å²) in [6, 6.07) is 8.75. The third-order valence-electron chi connectivity index (χ3n) is 5.24. The first-order chi connectivity index (χ1) is 12.6. The van der Waals surface area contributed by atoms with Gasteiger partial charge in [0.15, 0.2) is 0 Å². The molecule has 1 amide bonds. The number of amides is 1. The summed E-state index contributed by atoms with van der Waals surface area (Å²) >= 11 is 6.32. The fraction of sp³-hybridized carbons (Fsp3) is 0.526. The highest BCUT2D eigenvalue weighted by Gasteiger charge is 2.34. The first-order valence-electron chi connectivity index (χ1n) is 9.41. The summed E-state index contributed by atoms with van der Waals surface area (Å²) in [4.78, 5) is 17.2. The monoisotopic (exact) mass is 409 g/mol. The van der Waals surface area contributed by atoms with Gasteiger partial charge in [-0.3, -0.25) is 4.79 Å². The van der Waals surface area contributed by atoms with E-state index in [9.17, 15) is 4.79 Å². The van der Waals surface area contributed by atoms with Crippen LogP contribution in [0.4, 0.5) is 0 Å². The minimum Gasteiger partial charge on any atom is -0.346 e. The number of rotatable bonds is 5. The molecular weight excluding hydrogens is 385 g/mol. The second-order valence-corrected chi connectivity index (χ2v) is 7.65. The molecule has 6 nitrogen and oxygen atoms in total. The highest BCUT2D eigenvalue weighted by atomic mass is 35.5. The smallest absolute Gasteiger partial charge is 0.291 e. The van der Waals surface area contributed by atoms with Crippen LogP contribution >= 0.6 is 24.0 Å². The molecular formula is C19H25Cl2N5O. The third kappa shape index (κ3) is 4.28. The van der Waals surface area contributed by atoms with Gasteiger partial charge < -0.3 is 10.6 Å². The molecule has 0 spiro atoms. The van der Waals surface area contributed by atoms with Gasteiger partial charge in [-0.15, -0.1) is 17.5 Å². The van der Waals surface area contributed by atoms with Gasteiger partial charge in [0.05, 0.1) is 10.7 Å². The molecule has 1 aromatic carbocycles. The van der Waals surface area contributed by atoms with Crippen LogP contribution in [-0.2, 0) is 6.42 Å². The SMILES string of the molecule is CCCc1nc(C(=O)NC2CC3CCC(C2)N3)nn1-c1ccccc1Cl.Cl. The van der Waals surface area contributed by atoms with Gasteiger partial charge >= 0.3 is 0 Å². The fourth-order valence-electron chi connectivity index (χ4n) is 4.07. The van der Waals surface area contributed by atoms with Crippen molar-refractivity contribution in [3.63, 3.8) is 0 Å². The van der Waals surface area contributed by atoms with Crippen molar-refractivity contribution in [3.8, 4) is 5.69 Å². The Balaban J connectivity index is 0.00000210. The van der Waals surface area contributed by atoms with Crippen molar-refractivity contribution in [1.29, 1.82) is 0 Å².